The monoisotopic (exact) mass is 400 g/mol. The van der Waals surface area contributed by atoms with E-state index in [0.717, 1.165) is 0 Å². The Kier molecular flexibility index (Phi) is 5.19. The van der Waals surface area contributed by atoms with Crippen molar-refractivity contribution in [2.24, 2.45) is 4.99 Å². The van der Waals surface area contributed by atoms with Crippen molar-refractivity contribution in [1.82, 2.24) is 10.0 Å². The summed E-state index contributed by atoms with van der Waals surface area (Å²) in [6, 6.07) is 10.6. The van der Waals surface area contributed by atoms with Gasteiger partial charge in [-0.05, 0) is 43.7 Å². The summed E-state index contributed by atoms with van der Waals surface area (Å²) in [5.41, 5.74) is 2.00. The molecule has 146 valence electrons. The summed E-state index contributed by atoms with van der Waals surface area (Å²) in [7, 11) is -2.13. The number of hydrogen-bond acceptors (Lipinski definition) is 5. The molecule has 0 fully saturated rings. The first kappa shape index (κ1) is 19.6. The number of anilines is 1. The second kappa shape index (κ2) is 7.43. The van der Waals surface area contributed by atoms with Gasteiger partial charge in [0.15, 0.2) is 0 Å². The topological polar surface area (TPSA) is 117 Å². The number of carbonyl (C=O) groups excluding carboxylic acids is 2. The summed E-state index contributed by atoms with van der Waals surface area (Å²) in [6.45, 7) is 3.30. The van der Waals surface area contributed by atoms with E-state index in [1.807, 2.05) is 0 Å². The maximum atomic E-state index is 12.6. The summed E-state index contributed by atoms with van der Waals surface area (Å²) in [5.74, 6) is -0.541. The van der Waals surface area contributed by atoms with Crippen molar-refractivity contribution in [1.29, 1.82) is 0 Å². The van der Waals surface area contributed by atoms with E-state index in [9.17, 15) is 18.0 Å². The third kappa shape index (κ3) is 3.61. The summed E-state index contributed by atoms with van der Waals surface area (Å²) in [5, 5.41) is 5.30. The van der Waals surface area contributed by atoms with E-state index in [1.165, 1.54) is 13.1 Å². The van der Waals surface area contributed by atoms with Crippen LogP contribution < -0.4 is 15.4 Å². The molecule has 3 rings (SSSR count). The number of sulfonamides is 1. The molecule has 28 heavy (non-hydrogen) atoms. The van der Waals surface area contributed by atoms with E-state index in [4.69, 9.17) is 0 Å². The number of rotatable bonds is 4. The molecule has 0 aromatic heterocycles. The molecule has 2 aromatic carbocycles. The molecule has 9 heteroatoms. The zero-order valence-corrected chi connectivity index (χ0v) is 16.4. The average Bonchev–Trinajstić information content (AvgIpc) is 2.93. The van der Waals surface area contributed by atoms with E-state index in [-0.39, 0.29) is 16.6 Å². The molecule has 1 aliphatic heterocycles. The molecule has 1 heterocycles. The smallest absolute Gasteiger partial charge is 0.263 e. The Morgan fingerprint density at radius 2 is 1.82 bits per heavy atom. The van der Waals surface area contributed by atoms with E-state index < -0.39 is 22.0 Å². The molecule has 0 aliphatic carbocycles. The predicted octanol–water partition coefficient (Wildman–Crippen LogP) is 1.42. The average molecular weight is 400 g/mol. The number of benzene rings is 2. The van der Waals surface area contributed by atoms with Gasteiger partial charge < -0.3 is 10.6 Å². The van der Waals surface area contributed by atoms with Gasteiger partial charge in [0, 0.05) is 23.9 Å². The van der Waals surface area contributed by atoms with Gasteiger partial charge >= 0.3 is 0 Å². The van der Waals surface area contributed by atoms with Crippen LogP contribution in [0.25, 0.3) is 0 Å². The fraction of sp³-hybridized carbons (Fsp3) is 0.211. The van der Waals surface area contributed by atoms with Gasteiger partial charge in [0.05, 0.1) is 4.90 Å². The molecular formula is C19H20N4O4S. The largest absolute Gasteiger partial charge is 0.355 e. The Morgan fingerprint density at radius 3 is 2.54 bits per heavy atom. The normalized spacial score (nSPS) is 16.8. The minimum absolute atomic E-state index is 0.133. The lowest BCUT2D eigenvalue weighted by Crippen LogP contribution is -2.29. The first-order chi connectivity index (χ1) is 13.2. The summed E-state index contributed by atoms with van der Waals surface area (Å²) in [4.78, 5) is 28.9. The molecule has 0 spiro atoms. The lowest BCUT2D eigenvalue weighted by molar-refractivity contribution is -0.117. The van der Waals surface area contributed by atoms with Gasteiger partial charge in [-0.15, -0.1) is 0 Å². The van der Waals surface area contributed by atoms with Crippen molar-refractivity contribution in [3.05, 3.63) is 59.2 Å². The van der Waals surface area contributed by atoms with Crippen molar-refractivity contribution < 1.29 is 18.0 Å². The Labute approximate surface area is 163 Å². The fourth-order valence-electron chi connectivity index (χ4n) is 2.87. The molecule has 0 saturated heterocycles. The van der Waals surface area contributed by atoms with Gasteiger partial charge in [-0.1, -0.05) is 18.2 Å². The van der Waals surface area contributed by atoms with Crippen molar-refractivity contribution in [2.45, 2.75) is 24.8 Å². The molecule has 2 amide bonds. The highest BCUT2D eigenvalue weighted by Crippen LogP contribution is 2.23. The van der Waals surface area contributed by atoms with Crippen LogP contribution in [0, 0.1) is 6.92 Å². The number of amidine groups is 1. The van der Waals surface area contributed by atoms with Crippen molar-refractivity contribution in [3.63, 3.8) is 0 Å². The standard InChI is InChI=1S/C19H20N4O4S/c1-11-13(19(25)20-3)8-6-9-15(11)22-18(24)12(2)21-17-14-7-4-5-10-16(14)28(26,27)23-17/h4-10,12H,1-3H3,(H,20,25)(H,21,23)(H,22,24)/t12-/m0/s1. The maximum absolute atomic E-state index is 12.6. The van der Waals surface area contributed by atoms with Crippen LogP contribution in [0.1, 0.15) is 28.4 Å². The van der Waals surface area contributed by atoms with Crippen molar-refractivity contribution >= 4 is 33.4 Å². The van der Waals surface area contributed by atoms with Gasteiger partial charge in [0.25, 0.3) is 15.9 Å². The summed E-state index contributed by atoms with van der Waals surface area (Å²) in [6.07, 6.45) is 0. The van der Waals surface area contributed by atoms with Gasteiger partial charge in [-0.3, -0.25) is 19.3 Å². The van der Waals surface area contributed by atoms with Gasteiger partial charge in [-0.25, -0.2) is 8.42 Å². The molecule has 0 saturated carbocycles. The molecule has 0 radical (unpaired) electrons. The molecule has 0 unspecified atom stereocenters. The van der Waals surface area contributed by atoms with Crippen molar-refractivity contribution in [3.8, 4) is 0 Å². The molecule has 3 N–H and O–H groups in total. The van der Waals surface area contributed by atoms with Crippen LogP contribution >= 0.6 is 0 Å². The zero-order valence-electron chi connectivity index (χ0n) is 15.6. The minimum atomic E-state index is -3.67. The fourth-order valence-corrected chi connectivity index (χ4v) is 4.11. The second-order valence-electron chi connectivity index (χ2n) is 6.30. The third-order valence-corrected chi connectivity index (χ3v) is 5.83. The highest BCUT2D eigenvalue weighted by atomic mass is 32.2. The SMILES string of the molecule is CNC(=O)c1cccc(NC(=O)[C@H](C)N=C2NS(=O)(=O)c3ccccc32)c1C. The first-order valence-corrected chi connectivity index (χ1v) is 10.1. The number of fused-ring (bicyclic) bond motifs is 1. The van der Waals surface area contributed by atoms with Crippen molar-refractivity contribution in [2.75, 3.05) is 12.4 Å². The molecular weight excluding hydrogens is 380 g/mol. The Bertz CT molecular complexity index is 1090. The van der Waals surface area contributed by atoms with Crippen LogP contribution in [-0.4, -0.2) is 39.2 Å². The Balaban J connectivity index is 1.84. The number of carbonyl (C=O) groups is 2. The molecule has 0 bridgehead atoms. The van der Waals surface area contributed by atoms with E-state index in [1.54, 1.807) is 50.2 Å². The van der Waals surface area contributed by atoms with Crippen LogP contribution in [0.5, 0.6) is 0 Å². The summed E-state index contributed by atoms with van der Waals surface area (Å²) < 4.78 is 26.7. The van der Waals surface area contributed by atoms with Crippen LogP contribution in [-0.2, 0) is 14.8 Å². The molecule has 2 aromatic rings. The molecule has 1 atom stereocenters. The number of nitrogens with one attached hydrogen (secondary N) is 3. The number of aliphatic imine (C=N–C) groups is 1. The minimum Gasteiger partial charge on any atom is -0.355 e. The van der Waals surface area contributed by atoms with E-state index in [2.05, 4.69) is 20.3 Å². The molecule has 8 nitrogen and oxygen atoms in total. The van der Waals surface area contributed by atoms with Crippen LogP contribution in [0.15, 0.2) is 52.4 Å². The van der Waals surface area contributed by atoms with E-state index in [0.29, 0.717) is 22.4 Å². The lowest BCUT2D eigenvalue weighted by atomic mass is 10.1. The summed E-state index contributed by atoms with van der Waals surface area (Å²) >= 11 is 0. The van der Waals surface area contributed by atoms with E-state index >= 15 is 0 Å². The first-order valence-electron chi connectivity index (χ1n) is 8.57. The maximum Gasteiger partial charge on any atom is 0.263 e. The Morgan fingerprint density at radius 1 is 1.11 bits per heavy atom. The highest BCUT2D eigenvalue weighted by Gasteiger charge is 2.31. The predicted molar refractivity (Wildman–Crippen MR) is 106 cm³/mol. The number of nitrogens with zero attached hydrogens (tertiary/aromatic N) is 1. The third-order valence-electron chi connectivity index (χ3n) is 4.43. The lowest BCUT2D eigenvalue weighted by Gasteiger charge is -2.14. The van der Waals surface area contributed by atoms with Gasteiger partial charge in [0.1, 0.15) is 11.9 Å². The Hall–Kier alpha value is -3.20. The van der Waals surface area contributed by atoms with Crippen LogP contribution in [0.3, 0.4) is 0 Å². The zero-order chi connectivity index (χ0) is 20.5. The van der Waals surface area contributed by atoms with Crippen LogP contribution in [0.2, 0.25) is 0 Å². The van der Waals surface area contributed by atoms with Crippen LogP contribution in [0.4, 0.5) is 5.69 Å². The second-order valence-corrected chi connectivity index (χ2v) is 7.95. The quantitative estimate of drug-likeness (QED) is 0.719. The highest BCUT2D eigenvalue weighted by molar-refractivity contribution is 7.90. The molecule has 1 aliphatic rings. The van der Waals surface area contributed by atoms with Gasteiger partial charge in [0.2, 0.25) is 5.91 Å². The number of hydrogen-bond donors (Lipinski definition) is 3. The number of amides is 2. The van der Waals surface area contributed by atoms with Gasteiger partial charge in [-0.2, -0.15) is 0 Å².